The van der Waals surface area contributed by atoms with Crippen molar-refractivity contribution < 1.29 is 0 Å². The third kappa shape index (κ3) is 4.16. The van der Waals surface area contributed by atoms with Crippen LogP contribution in [0.4, 0.5) is 0 Å². The van der Waals surface area contributed by atoms with E-state index in [-0.39, 0.29) is 6.04 Å². The highest BCUT2D eigenvalue weighted by Gasteiger charge is 2.10. The fourth-order valence-corrected chi connectivity index (χ4v) is 2.30. The zero-order chi connectivity index (χ0) is 12.7. The number of hydrogen-bond donors (Lipinski definition) is 1. The predicted molar refractivity (Wildman–Crippen MR) is 76.3 cm³/mol. The van der Waals surface area contributed by atoms with Crippen molar-refractivity contribution >= 4 is 0 Å². The van der Waals surface area contributed by atoms with Crippen LogP contribution in [0.5, 0.6) is 0 Å². The molecule has 0 bridgehead atoms. The van der Waals surface area contributed by atoms with Gasteiger partial charge in [-0.1, -0.05) is 58.2 Å². The third-order valence-electron chi connectivity index (χ3n) is 3.52. The summed E-state index contributed by atoms with van der Waals surface area (Å²) in [6, 6.07) is 7.03. The van der Waals surface area contributed by atoms with Gasteiger partial charge in [-0.2, -0.15) is 0 Å². The molecule has 0 fully saturated rings. The predicted octanol–water partition coefficient (Wildman–Crippen LogP) is 4.39. The molecule has 0 heterocycles. The van der Waals surface area contributed by atoms with Gasteiger partial charge in [-0.25, -0.2) is 0 Å². The van der Waals surface area contributed by atoms with Crippen LogP contribution in [0.25, 0.3) is 0 Å². The van der Waals surface area contributed by atoms with Crippen LogP contribution in [-0.4, -0.2) is 0 Å². The van der Waals surface area contributed by atoms with Gasteiger partial charge in [-0.05, 0) is 36.0 Å². The highest BCUT2D eigenvalue weighted by molar-refractivity contribution is 5.34. The summed E-state index contributed by atoms with van der Waals surface area (Å²) in [6.07, 6.45) is 7.11. The summed E-state index contributed by atoms with van der Waals surface area (Å²) < 4.78 is 0. The summed E-state index contributed by atoms with van der Waals surface area (Å²) in [7, 11) is 0. The number of rotatable bonds is 7. The lowest BCUT2D eigenvalue weighted by atomic mass is 9.93. The monoisotopic (exact) mass is 233 g/mol. The molecule has 0 aliphatic heterocycles. The molecule has 0 spiro atoms. The fourth-order valence-electron chi connectivity index (χ4n) is 2.30. The van der Waals surface area contributed by atoms with Gasteiger partial charge >= 0.3 is 0 Å². The molecule has 96 valence electrons. The van der Waals surface area contributed by atoms with Crippen molar-refractivity contribution in [1.82, 2.24) is 0 Å². The largest absolute Gasteiger partial charge is 0.324 e. The standard InChI is InChI=1S/C16H27N/c1-4-7-8-9-16(17)15-12-13(5-2)10-11-14(15)6-3/h10-12,16H,4-9,17H2,1-3H3. The number of hydrogen-bond acceptors (Lipinski definition) is 1. The first-order chi connectivity index (χ1) is 8.22. The van der Waals surface area contributed by atoms with E-state index in [0.29, 0.717) is 0 Å². The average molecular weight is 233 g/mol. The van der Waals surface area contributed by atoms with E-state index >= 15 is 0 Å². The summed E-state index contributed by atoms with van der Waals surface area (Å²) in [5, 5.41) is 0. The maximum Gasteiger partial charge on any atom is 0.0297 e. The topological polar surface area (TPSA) is 26.0 Å². The minimum atomic E-state index is 0.225. The first kappa shape index (κ1) is 14.2. The van der Waals surface area contributed by atoms with Crippen LogP contribution in [0.15, 0.2) is 18.2 Å². The van der Waals surface area contributed by atoms with E-state index in [0.717, 1.165) is 19.3 Å². The summed E-state index contributed by atoms with van der Waals surface area (Å²) in [6.45, 7) is 6.65. The van der Waals surface area contributed by atoms with Crippen LogP contribution in [0.3, 0.4) is 0 Å². The zero-order valence-electron chi connectivity index (χ0n) is 11.6. The molecule has 0 aliphatic rings. The molecule has 1 aromatic carbocycles. The molecule has 1 nitrogen and oxygen atoms in total. The first-order valence-electron chi connectivity index (χ1n) is 7.10. The molecule has 1 rings (SSSR count). The van der Waals surface area contributed by atoms with Gasteiger partial charge in [0, 0.05) is 6.04 Å². The van der Waals surface area contributed by atoms with Crippen LogP contribution in [0.2, 0.25) is 0 Å². The van der Waals surface area contributed by atoms with Crippen molar-refractivity contribution in [2.75, 3.05) is 0 Å². The van der Waals surface area contributed by atoms with Crippen molar-refractivity contribution in [1.29, 1.82) is 0 Å². The molecule has 2 N–H and O–H groups in total. The Morgan fingerprint density at radius 1 is 1.06 bits per heavy atom. The van der Waals surface area contributed by atoms with Crippen molar-refractivity contribution in [3.8, 4) is 0 Å². The number of aryl methyl sites for hydroxylation is 2. The van der Waals surface area contributed by atoms with Gasteiger partial charge < -0.3 is 5.73 Å². The summed E-state index contributed by atoms with van der Waals surface area (Å²) in [5.74, 6) is 0. The highest BCUT2D eigenvalue weighted by atomic mass is 14.6. The molecule has 0 amide bonds. The Kier molecular flexibility index (Phi) is 6.28. The fraction of sp³-hybridized carbons (Fsp3) is 0.625. The van der Waals surface area contributed by atoms with Crippen LogP contribution in [0, 0.1) is 0 Å². The Morgan fingerprint density at radius 2 is 1.82 bits per heavy atom. The lowest BCUT2D eigenvalue weighted by Crippen LogP contribution is -2.13. The van der Waals surface area contributed by atoms with E-state index in [1.165, 1.54) is 36.0 Å². The zero-order valence-corrected chi connectivity index (χ0v) is 11.6. The van der Waals surface area contributed by atoms with Gasteiger partial charge in [0.05, 0.1) is 0 Å². The van der Waals surface area contributed by atoms with E-state index in [2.05, 4.69) is 39.0 Å². The van der Waals surface area contributed by atoms with Crippen molar-refractivity contribution in [3.05, 3.63) is 34.9 Å². The van der Waals surface area contributed by atoms with Gasteiger partial charge in [0.25, 0.3) is 0 Å². The molecule has 1 heteroatoms. The third-order valence-corrected chi connectivity index (χ3v) is 3.52. The van der Waals surface area contributed by atoms with E-state index < -0.39 is 0 Å². The Labute approximate surface area is 106 Å². The maximum absolute atomic E-state index is 6.34. The second kappa shape index (κ2) is 7.50. The lowest BCUT2D eigenvalue weighted by Gasteiger charge is -2.17. The molecular weight excluding hydrogens is 206 g/mol. The maximum atomic E-state index is 6.34. The second-order valence-corrected chi connectivity index (χ2v) is 4.84. The highest BCUT2D eigenvalue weighted by Crippen LogP contribution is 2.23. The van der Waals surface area contributed by atoms with E-state index in [1.807, 2.05) is 0 Å². The van der Waals surface area contributed by atoms with Crippen molar-refractivity contribution in [2.45, 2.75) is 65.3 Å². The Morgan fingerprint density at radius 3 is 2.41 bits per heavy atom. The molecule has 1 aromatic rings. The van der Waals surface area contributed by atoms with Gasteiger partial charge in [-0.15, -0.1) is 0 Å². The second-order valence-electron chi connectivity index (χ2n) is 4.84. The molecule has 1 atom stereocenters. The molecule has 0 saturated heterocycles. The lowest BCUT2D eigenvalue weighted by molar-refractivity contribution is 0.577. The smallest absolute Gasteiger partial charge is 0.0297 e. The SMILES string of the molecule is CCCCCC(N)c1cc(CC)ccc1CC. The number of benzene rings is 1. The quantitative estimate of drug-likeness (QED) is 0.694. The van der Waals surface area contributed by atoms with Gasteiger partial charge in [-0.3, -0.25) is 0 Å². The van der Waals surface area contributed by atoms with E-state index in [4.69, 9.17) is 5.73 Å². The van der Waals surface area contributed by atoms with Crippen LogP contribution in [-0.2, 0) is 12.8 Å². The molecule has 0 radical (unpaired) electrons. The molecule has 1 unspecified atom stereocenters. The molecule has 17 heavy (non-hydrogen) atoms. The number of unbranched alkanes of at least 4 members (excludes halogenated alkanes) is 2. The van der Waals surface area contributed by atoms with Gasteiger partial charge in [0.1, 0.15) is 0 Å². The Hall–Kier alpha value is -0.820. The molecule has 0 aliphatic carbocycles. The van der Waals surface area contributed by atoms with Crippen LogP contribution in [0.1, 0.15) is 69.2 Å². The summed E-state index contributed by atoms with van der Waals surface area (Å²) in [4.78, 5) is 0. The molecule has 0 saturated carbocycles. The molecule has 0 aromatic heterocycles. The first-order valence-corrected chi connectivity index (χ1v) is 7.10. The summed E-state index contributed by atoms with van der Waals surface area (Å²) in [5.41, 5.74) is 10.5. The van der Waals surface area contributed by atoms with Crippen LogP contribution >= 0.6 is 0 Å². The Balaban J connectivity index is 2.78. The van der Waals surface area contributed by atoms with Crippen molar-refractivity contribution in [2.24, 2.45) is 5.73 Å². The normalized spacial score (nSPS) is 12.7. The van der Waals surface area contributed by atoms with Gasteiger partial charge in [0.15, 0.2) is 0 Å². The van der Waals surface area contributed by atoms with E-state index in [9.17, 15) is 0 Å². The minimum absolute atomic E-state index is 0.225. The van der Waals surface area contributed by atoms with Gasteiger partial charge in [0.2, 0.25) is 0 Å². The minimum Gasteiger partial charge on any atom is -0.324 e. The summed E-state index contributed by atoms with van der Waals surface area (Å²) >= 11 is 0. The molecular formula is C16H27N. The number of nitrogens with two attached hydrogens (primary N) is 1. The van der Waals surface area contributed by atoms with Crippen LogP contribution < -0.4 is 5.73 Å². The van der Waals surface area contributed by atoms with Crippen molar-refractivity contribution in [3.63, 3.8) is 0 Å². The average Bonchev–Trinajstić information content (AvgIpc) is 2.38. The van der Waals surface area contributed by atoms with E-state index in [1.54, 1.807) is 0 Å². The Bertz CT molecular complexity index is 330.